The predicted molar refractivity (Wildman–Crippen MR) is 76.2 cm³/mol. The largest absolute Gasteiger partial charge is 0.292 e. The van der Waals surface area contributed by atoms with Crippen LogP contribution in [0.15, 0.2) is 0 Å². The minimum atomic E-state index is 0.753. The third-order valence-electron chi connectivity index (χ3n) is 5.55. The summed E-state index contributed by atoms with van der Waals surface area (Å²) < 4.78 is 0. The third-order valence-corrected chi connectivity index (χ3v) is 5.55. The van der Waals surface area contributed by atoms with Gasteiger partial charge in [-0.25, -0.2) is 0 Å². The van der Waals surface area contributed by atoms with Crippen LogP contribution >= 0.6 is 0 Å². The minimum absolute atomic E-state index is 0.753. The van der Waals surface area contributed by atoms with Crippen LogP contribution in [0.3, 0.4) is 0 Å². The van der Waals surface area contributed by atoms with Gasteiger partial charge in [-0.1, -0.05) is 37.5 Å². The molecule has 1 heteroatoms. The molecule has 0 amide bonds. The van der Waals surface area contributed by atoms with Crippen molar-refractivity contribution in [3.63, 3.8) is 0 Å². The maximum atomic E-state index is 3.59. The molecule has 100 valence electrons. The van der Waals surface area contributed by atoms with Crippen molar-refractivity contribution in [2.45, 2.75) is 63.8 Å². The molecule has 3 unspecified atom stereocenters. The van der Waals surface area contributed by atoms with Crippen molar-refractivity contribution in [3.8, 4) is 11.8 Å². The van der Waals surface area contributed by atoms with E-state index in [1.807, 2.05) is 0 Å². The van der Waals surface area contributed by atoms with Crippen LogP contribution in [0.5, 0.6) is 0 Å². The van der Waals surface area contributed by atoms with Gasteiger partial charge < -0.3 is 0 Å². The maximum absolute atomic E-state index is 3.59. The zero-order chi connectivity index (χ0) is 12.4. The predicted octanol–water partition coefficient (Wildman–Crippen LogP) is 3.69. The Bertz CT molecular complexity index is 331. The van der Waals surface area contributed by atoms with Gasteiger partial charge in [-0.15, -0.1) is 0 Å². The quantitative estimate of drug-likeness (QED) is 0.671. The first-order valence-corrected chi connectivity index (χ1v) is 8.01. The van der Waals surface area contributed by atoms with E-state index in [4.69, 9.17) is 0 Å². The average molecular weight is 245 g/mol. The lowest BCUT2D eigenvalue weighted by molar-refractivity contribution is 0.212. The molecule has 3 aliphatic carbocycles. The molecule has 2 bridgehead atoms. The maximum Gasteiger partial charge on any atom is 0.0601 e. The fourth-order valence-corrected chi connectivity index (χ4v) is 4.37. The van der Waals surface area contributed by atoms with Crippen LogP contribution in [0, 0.1) is 29.6 Å². The van der Waals surface area contributed by atoms with E-state index in [2.05, 4.69) is 23.8 Å². The molecule has 0 aromatic heterocycles. The smallest absolute Gasteiger partial charge is 0.0601 e. The summed E-state index contributed by atoms with van der Waals surface area (Å²) in [5, 5.41) is 0. The Morgan fingerprint density at radius 3 is 2.50 bits per heavy atom. The summed E-state index contributed by atoms with van der Waals surface area (Å²) >= 11 is 0. The Labute approximate surface area is 112 Å². The lowest BCUT2D eigenvalue weighted by Crippen LogP contribution is -2.33. The fraction of sp³-hybridized carbons (Fsp3) is 0.882. The molecular formula is C17H27N. The van der Waals surface area contributed by atoms with E-state index in [0.29, 0.717) is 0 Å². The lowest BCUT2D eigenvalue weighted by Gasteiger charge is -2.29. The lowest BCUT2D eigenvalue weighted by atomic mass is 9.89. The molecule has 3 aliphatic rings. The topological polar surface area (TPSA) is 3.24 Å². The highest BCUT2D eigenvalue weighted by Crippen LogP contribution is 2.47. The van der Waals surface area contributed by atoms with Crippen molar-refractivity contribution in [1.29, 1.82) is 0 Å². The highest BCUT2D eigenvalue weighted by molar-refractivity contribution is 5.11. The van der Waals surface area contributed by atoms with Crippen molar-refractivity contribution in [3.05, 3.63) is 0 Å². The first-order chi connectivity index (χ1) is 8.83. The van der Waals surface area contributed by atoms with E-state index in [1.165, 1.54) is 57.8 Å². The number of nitrogens with zero attached hydrogens (tertiary/aromatic N) is 1. The first kappa shape index (κ1) is 12.5. The summed E-state index contributed by atoms with van der Waals surface area (Å²) in [4.78, 5) is 2.50. The van der Waals surface area contributed by atoms with Gasteiger partial charge in [0.25, 0.3) is 0 Å². The summed E-state index contributed by atoms with van der Waals surface area (Å²) in [7, 11) is 2.27. The zero-order valence-electron chi connectivity index (χ0n) is 11.8. The molecule has 0 aromatic carbocycles. The zero-order valence-corrected chi connectivity index (χ0v) is 11.8. The number of rotatable bonds is 2. The Hall–Kier alpha value is -0.480. The van der Waals surface area contributed by atoms with Gasteiger partial charge in [0, 0.05) is 12.0 Å². The van der Waals surface area contributed by atoms with Crippen LogP contribution < -0.4 is 0 Å². The highest BCUT2D eigenvalue weighted by Gasteiger charge is 2.38. The van der Waals surface area contributed by atoms with Crippen LogP contribution in [0.4, 0.5) is 0 Å². The van der Waals surface area contributed by atoms with Gasteiger partial charge in [0.1, 0.15) is 0 Å². The van der Waals surface area contributed by atoms with Crippen molar-refractivity contribution in [2.24, 2.45) is 17.8 Å². The van der Waals surface area contributed by atoms with Gasteiger partial charge in [0.05, 0.1) is 6.54 Å². The van der Waals surface area contributed by atoms with Gasteiger partial charge in [-0.05, 0) is 51.0 Å². The second-order valence-corrected chi connectivity index (χ2v) is 6.81. The van der Waals surface area contributed by atoms with Crippen LogP contribution in [0.1, 0.15) is 57.8 Å². The second kappa shape index (κ2) is 5.66. The van der Waals surface area contributed by atoms with Crippen LogP contribution in [0.25, 0.3) is 0 Å². The number of hydrogen-bond acceptors (Lipinski definition) is 1. The standard InChI is InChI=1S/C17H27N/c1-18(17-7-3-2-4-8-17)11-5-6-15-12-14-9-10-16(15)13-14/h14-17H,2-4,7-13H2,1H3. The molecule has 3 fully saturated rings. The van der Waals surface area contributed by atoms with Gasteiger partial charge in [-0.3, -0.25) is 4.90 Å². The molecule has 0 N–H and O–H groups in total. The summed E-state index contributed by atoms with van der Waals surface area (Å²) in [6.07, 6.45) is 12.9. The molecule has 0 aromatic rings. The van der Waals surface area contributed by atoms with Crippen LogP contribution in [-0.4, -0.2) is 24.5 Å². The molecule has 0 radical (unpaired) electrons. The number of hydrogen-bond donors (Lipinski definition) is 0. The normalized spacial score (nSPS) is 35.8. The summed E-state index contributed by atoms with van der Waals surface area (Å²) in [5.74, 6) is 9.82. The third kappa shape index (κ3) is 2.75. The Balaban J connectivity index is 1.46. The molecule has 3 rings (SSSR count). The van der Waals surface area contributed by atoms with E-state index >= 15 is 0 Å². The molecule has 3 atom stereocenters. The van der Waals surface area contributed by atoms with Crippen LogP contribution in [0.2, 0.25) is 0 Å². The van der Waals surface area contributed by atoms with E-state index in [1.54, 1.807) is 0 Å². The molecule has 3 saturated carbocycles. The van der Waals surface area contributed by atoms with Gasteiger partial charge in [0.2, 0.25) is 0 Å². The van der Waals surface area contributed by atoms with Crippen molar-refractivity contribution in [1.82, 2.24) is 4.90 Å². The Morgan fingerprint density at radius 1 is 1.00 bits per heavy atom. The monoisotopic (exact) mass is 245 g/mol. The molecule has 1 nitrogen and oxygen atoms in total. The van der Waals surface area contributed by atoms with Gasteiger partial charge in [-0.2, -0.15) is 0 Å². The van der Waals surface area contributed by atoms with E-state index in [-0.39, 0.29) is 0 Å². The van der Waals surface area contributed by atoms with Gasteiger partial charge >= 0.3 is 0 Å². The summed E-state index contributed by atoms with van der Waals surface area (Å²) in [6, 6.07) is 0.813. The van der Waals surface area contributed by atoms with Crippen molar-refractivity contribution in [2.75, 3.05) is 13.6 Å². The van der Waals surface area contributed by atoms with Crippen molar-refractivity contribution < 1.29 is 0 Å². The van der Waals surface area contributed by atoms with E-state index in [0.717, 1.165) is 30.3 Å². The van der Waals surface area contributed by atoms with Crippen LogP contribution in [-0.2, 0) is 0 Å². The Morgan fingerprint density at radius 2 is 1.83 bits per heavy atom. The Kier molecular flexibility index (Phi) is 3.94. The van der Waals surface area contributed by atoms with Gasteiger partial charge in [0.15, 0.2) is 0 Å². The fourth-order valence-electron chi connectivity index (χ4n) is 4.37. The van der Waals surface area contributed by atoms with Crippen molar-refractivity contribution >= 4 is 0 Å². The first-order valence-electron chi connectivity index (χ1n) is 8.01. The SMILES string of the molecule is CN(CC#CC1CC2CCC1C2)C1CCCCC1. The van der Waals surface area contributed by atoms with E-state index < -0.39 is 0 Å². The molecule has 0 heterocycles. The number of fused-ring (bicyclic) bond motifs is 2. The molecular weight excluding hydrogens is 218 g/mol. The molecule has 18 heavy (non-hydrogen) atoms. The highest BCUT2D eigenvalue weighted by atomic mass is 15.1. The van der Waals surface area contributed by atoms with E-state index in [9.17, 15) is 0 Å². The minimum Gasteiger partial charge on any atom is -0.292 e. The average Bonchev–Trinajstić information content (AvgIpc) is 3.02. The summed E-state index contributed by atoms with van der Waals surface area (Å²) in [5.41, 5.74) is 0. The molecule has 0 saturated heterocycles. The molecule has 0 aliphatic heterocycles. The summed E-state index contributed by atoms with van der Waals surface area (Å²) in [6.45, 7) is 0.999. The second-order valence-electron chi connectivity index (χ2n) is 6.81. The molecule has 0 spiro atoms.